The molecule has 0 aliphatic carbocycles. The summed E-state index contributed by atoms with van der Waals surface area (Å²) in [7, 11) is 1.67. The van der Waals surface area contributed by atoms with Crippen LogP contribution in [0, 0.1) is 12.3 Å². The lowest BCUT2D eigenvalue weighted by atomic mass is 10.2. The predicted molar refractivity (Wildman–Crippen MR) is 64.6 cm³/mol. The largest absolute Gasteiger partial charge is 0.370 e. The van der Waals surface area contributed by atoms with Crippen LogP contribution in [0.1, 0.15) is 5.69 Å². The topological polar surface area (TPSA) is 78.9 Å². The summed E-state index contributed by atoms with van der Waals surface area (Å²) in [5.41, 5.74) is 7.13. The first-order valence-corrected chi connectivity index (χ1v) is 4.90. The number of nitrogens with zero attached hydrogens (tertiary/aromatic N) is 3. The molecule has 0 aliphatic rings. The Balaban J connectivity index is 2.62. The Morgan fingerprint density at radius 1 is 1.31 bits per heavy atom. The van der Waals surface area contributed by atoms with Gasteiger partial charge in [0.25, 0.3) is 0 Å². The second-order valence-corrected chi connectivity index (χ2v) is 3.57. The van der Waals surface area contributed by atoms with Gasteiger partial charge >= 0.3 is 0 Å². The van der Waals surface area contributed by atoms with E-state index < -0.39 is 0 Å². The highest BCUT2D eigenvalue weighted by Crippen LogP contribution is 2.17. The molecule has 0 spiro atoms. The Labute approximate surface area is 93.4 Å². The van der Waals surface area contributed by atoms with Crippen molar-refractivity contribution >= 4 is 22.8 Å². The van der Waals surface area contributed by atoms with E-state index in [0.29, 0.717) is 5.95 Å². The summed E-state index contributed by atoms with van der Waals surface area (Å²) in [4.78, 5) is 10.1. The predicted octanol–water partition coefficient (Wildman–Crippen LogP) is 1.27. The van der Waals surface area contributed by atoms with Crippen molar-refractivity contribution in [3.05, 3.63) is 30.0 Å². The first kappa shape index (κ1) is 10.4. The van der Waals surface area contributed by atoms with E-state index in [-0.39, 0.29) is 5.96 Å². The zero-order valence-corrected chi connectivity index (χ0v) is 9.23. The molecule has 0 aliphatic heterocycles. The third-order valence-corrected chi connectivity index (χ3v) is 2.44. The van der Waals surface area contributed by atoms with Crippen molar-refractivity contribution in [1.82, 2.24) is 9.97 Å². The Kier molecular flexibility index (Phi) is 2.44. The van der Waals surface area contributed by atoms with Crippen LogP contribution in [0.3, 0.4) is 0 Å². The lowest BCUT2D eigenvalue weighted by Gasteiger charge is -2.15. The number of nitrogens with two attached hydrogens (primary N) is 1. The molecule has 0 amide bonds. The molecule has 0 fully saturated rings. The van der Waals surface area contributed by atoms with Crippen LogP contribution < -0.4 is 10.6 Å². The fraction of sp³-hybridized carbons (Fsp3) is 0.182. The van der Waals surface area contributed by atoms with Gasteiger partial charge in [-0.15, -0.1) is 0 Å². The van der Waals surface area contributed by atoms with Crippen LogP contribution in [0.5, 0.6) is 0 Å². The lowest BCUT2D eigenvalue weighted by molar-refractivity contribution is 1.05. The highest BCUT2D eigenvalue weighted by Gasteiger charge is 2.09. The molecular formula is C11H13N5. The van der Waals surface area contributed by atoms with E-state index in [0.717, 1.165) is 16.6 Å². The van der Waals surface area contributed by atoms with E-state index >= 15 is 0 Å². The lowest BCUT2D eigenvalue weighted by Crippen LogP contribution is -2.34. The van der Waals surface area contributed by atoms with E-state index in [1.165, 1.54) is 4.90 Å². The number of hydrogen-bond acceptors (Lipinski definition) is 3. The molecule has 0 saturated carbocycles. The number of nitrogens with one attached hydrogen (secondary N) is 1. The molecule has 2 rings (SSSR count). The Morgan fingerprint density at radius 3 is 2.69 bits per heavy atom. The van der Waals surface area contributed by atoms with Crippen molar-refractivity contribution in [2.45, 2.75) is 6.92 Å². The Morgan fingerprint density at radius 2 is 2.00 bits per heavy atom. The third-order valence-electron chi connectivity index (χ3n) is 2.44. The van der Waals surface area contributed by atoms with Gasteiger partial charge in [0.05, 0.1) is 11.2 Å². The average Bonchev–Trinajstić information content (AvgIpc) is 2.28. The van der Waals surface area contributed by atoms with Crippen LogP contribution in [0.2, 0.25) is 0 Å². The molecule has 5 nitrogen and oxygen atoms in total. The summed E-state index contributed by atoms with van der Waals surface area (Å²) in [6, 6.07) is 7.77. The third kappa shape index (κ3) is 1.67. The zero-order chi connectivity index (χ0) is 11.7. The van der Waals surface area contributed by atoms with Crippen LogP contribution in [0.15, 0.2) is 24.3 Å². The summed E-state index contributed by atoms with van der Waals surface area (Å²) < 4.78 is 0. The fourth-order valence-electron chi connectivity index (χ4n) is 1.48. The molecule has 2 aromatic rings. The number of guanidine groups is 1. The smallest absolute Gasteiger partial charge is 0.232 e. The summed E-state index contributed by atoms with van der Waals surface area (Å²) in [5.74, 6) is 0.374. The second kappa shape index (κ2) is 3.77. The van der Waals surface area contributed by atoms with Crippen LogP contribution in [-0.4, -0.2) is 23.0 Å². The molecule has 1 heterocycles. The van der Waals surface area contributed by atoms with Crippen LogP contribution in [0.4, 0.5) is 5.95 Å². The van der Waals surface area contributed by atoms with Gasteiger partial charge in [-0.1, -0.05) is 18.2 Å². The number of hydrogen-bond donors (Lipinski definition) is 2. The summed E-state index contributed by atoms with van der Waals surface area (Å²) in [5, 5.41) is 8.36. The Bertz CT molecular complexity index is 549. The molecule has 0 radical (unpaired) electrons. The summed E-state index contributed by atoms with van der Waals surface area (Å²) in [6.45, 7) is 1.92. The van der Waals surface area contributed by atoms with Gasteiger partial charge in [-0.05, 0) is 13.0 Å². The number of para-hydroxylation sites is 1. The van der Waals surface area contributed by atoms with Crippen molar-refractivity contribution in [1.29, 1.82) is 5.41 Å². The normalized spacial score (nSPS) is 10.4. The molecule has 3 N–H and O–H groups in total. The summed E-state index contributed by atoms with van der Waals surface area (Å²) in [6.07, 6.45) is 0. The van der Waals surface area contributed by atoms with Gasteiger partial charge < -0.3 is 5.73 Å². The fourth-order valence-corrected chi connectivity index (χ4v) is 1.48. The molecule has 0 atom stereocenters. The number of fused-ring (bicyclic) bond motifs is 1. The molecule has 0 saturated heterocycles. The van der Waals surface area contributed by atoms with Crippen LogP contribution in [0.25, 0.3) is 10.9 Å². The standard InChI is InChI=1S/C11H13N5/c1-7-8-5-3-4-6-9(8)15-11(14-7)16(2)10(12)13/h3-6H,1-2H3,(H3,12,13). The maximum Gasteiger partial charge on any atom is 0.232 e. The number of aromatic nitrogens is 2. The number of rotatable bonds is 1. The molecule has 0 bridgehead atoms. The highest BCUT2D eigenvalue weighted by atomic mass is 15.3. The second-order valence-electron chi connectivity index (χ2n) is 3.57. The molecule has 0 unspecified atom stereocenters. The van der Waals surface area contributed by atoms with Crippen molar-refractivity contribution in [3.8, 4) is 0 Å². The van der Waals surface area contributed by atoms with Crippen molar-refractivity contribution < 1.29 is 0 Å². The van der Waals surface area contributed by atoms with Crippen molar-refractivity contribution in [2.75, 3.05) is 11.9 Å². The van der Waals surface area contributed by atoms with Gasteiger partial charge in [0.1, 0.15) is 0 Å². The number of aryl methyl sites for hydroxylation is 1. The molecule has 16 heavy (non-hydrogen) atoms. The SMILES string of the molecule is Cc1nc(N(C)C(=N)N)nc2ccccc12. The minimum Gasteiger partial charge on any atom is -0.370 e. The van der Waals surface area contributed by atoms with Crippen molar-refractivity contribution in [3.63, 3.8) is 0 Å². The molecule has 1 aromatic heterocycles. The van der Waals surface area contributed by atoms with E-state index in [4.69, 9.17) is 11.1 Å². The number of anilines is 1. The number of benzene rings is 1. The average molecular weight is 215 g/mol. The maximum absolute atomic E-state index is 7.34. The molecule has 1 aromatic carbocycles. The molecule has 82 valence electrons. The van der Waals surface area contributed by atoms with Gasteiger partial charge in [0.2, 0.25) is 5.95 Å². The zero-order valence-electron chi connectivity index (χ0n) is 9.23. The minimum atomic E-state index is -0.0744. The Hall–Kier alpha value is -2.17. The van der Waals surface area contributed by atoms with Gasteiger partial charge in [-0.3, -0.25) is 10.3 Å². The van der Waals surface area contributed by atoms with Gasteiger partial charge in [-0.2, -0.15) is 0 Å². The summed E-state index contributed by atoms with van der Waals surface area (Å²) >= 11 is 0. The van der Waals surface area contributed by atoms with Crippen molar-refractivity contribution in [2.24, 2.45) is 5.73 Å². The van der Waals surface area contributed by atoms with Gasteiger partial charge in [-0.25, -0.2) is 9.97 Å². The van der Waals surface area contributed by atoms with Gasteiger partial charge in [0, 0.05) is 12.4 Å². The minimum absolute atomic E-state index is 0.0744. The first-order chi connectivity index (χ1) is 7.59. The molecular weight excluding hydrogens is 202 g/mol. The molecule has 5 heteroatoms. The quantitative estimate of drug-likeness (QED) is 0.554. The monoisotopic (exact) mass is 215 g/mol. The van der Waals surface area contributed by atoms with E-state index in [1.54, 1.807) is 7.05 Å². The maximum atomic E-state index is 7.34. The van der Waals surface area contributed by atoms with E-state index in [1.807, 2.05) is 31.2 Å². The van der Waals surface area contributed by atoms with E-state index in [2.05, 4.69) is 9.97 Å². The van der Waals surface area contributed by atoms with Gasteiger partial charge in [0.15, 0.2) is 5.96 Å². The van der Waals surface area contributed by atoms with Crippen LogP contribution in [-0.2, 0) is 0 Å². The van der Waals surface area contributed by atoms with E-state index in [9.17, 15) is 0 Å². The highest BCUT2D eigenvalue weighted by molar-refractivity contribution is 5.91. The van der Waals surface area contributed by atoms with Crippen LogP contribution >= 0.6 is 0 Å². The first-order valence-electron chi connectivity index (χ1n) is 4.90.